The van der Waals surface area contributed by atoms with Crippen LogP contribution in [0.15, 0.2) is 45.8 Å². The van der Waals surface area contributed by atoms with Crippen LogP contribution in [0.5, 0.6) is 0 Å². The molecule has 0 radical (unpaired) electrons. The van der Waals surface area contributed by atoms with Gasteiger partial charge in [0.25, 0.3) is 10.0 Å². The van der Waals surface area contributed by atoms with E-state index in [1.54, 1.807) is 0 Å². The Bertz CT molecular complexity index is 765. The van der Waals surface area contributed by atoms with E-state index in [0.717, 1.165) is 24.3 Å². The van der Waals surface area contributed by atoms with Crippen LogP contribution in [0.25, 0.3) is 0 Å². The van der Waals surface area contributed by atoms with Crippen molar-refractivity contribution in [2.24, 2.45) is 0 Å². The summed E-state index contributed by atoms with van der Waals surface area (Å²) in [7, 11) is -4.29. The van der Waals surface area contributed by atoms with Gasteiger partial charge in [-0.3, -0.25) is 4.72 Å². The molecule has 2 aromatic rings. The van der Waals surface area contributed by atoms with Gasteiger partial charge in [-0.2, -0.15) is 0 Å². The molecule has 0 aliphatic rings. The fourth-order valence-electron chi connectivity index (χ4n) is 1.47. The molecule has 106 valence electrons. The van der Waals surface area contributed by atoms with E-state index < -0.39 is 32.4 Å². The number of nitrogens with one attached hydrogen (secondary N) is 1. The molecule has 0 heterocycles. The highest BCUT2D eigenvalue weighted by atomic mass is 79.9. The molecule has 20 heavy (non-hydrogen) atoms. The van der Waals surface area contributed by atoms with E-state index in [9.17, 15) is 21.6 Å². The summed E-state index contributed by atoms with van der Waals surface area (Å²) >= 11 is 3.04. The molecule has 0 bridgehead atoms. The normalized spacial score (nSPS) is 11.4. The van der Waals surface area contributed by atoms with Crippen molar-refractivity contribution < 1.29 is 21.6 Å². The Morgan fingerprint density at radius 1 is 0.950 bits per heavy atom. The molecule has 0 aliphatic heterocycles. The summed E-state index contributed by atoms with van der Waals surface area (Å²) in [5.74, 6) is -2.79. The number of halogens is 4. The standard InChI is InChI=1S/C12H7BrF3NO2S/c13-9-3-1-8(15)6-11(9)17-20(18,19)12-4-2-7(14)5-10(12)16/h1-6,17H. The van der Waals surface area contributed by atoms with Gasteiger partial charge in [-0.05, 0) is 46.3 Å². The van der Waals surface area contributed by atoms with E-state index in [1.807, 2.05) is 4.72 Å². The van der Waals surface area contributed by atoms with E-state index >= 15 is 0 Å². The second-order valence-corrected chi connectivity index (χ2v) is 6.31. The Kier molecular flexibility index (Phi) is 4.05. The molecule has 2 rings (SSSR count). The van der Waals surface area contributed by atoms with Crippen LogP contribution in [-0.4, -0.2) is 8.42 Å². The first-order valence-electron chi connectivity index (χ1n) is 5.22. The lowest BCUT2D eigenvalue weighted by Gasteiger charge is -2.10. The second-order valence-electron chi connectivity index (χ2n) is 3.80. The summed E-state index contributed by atoms with van der Waals surface area (Å²) in [5.41, 5.74) is -0.0891. The summed E-state index contributed by atoms with van der Waals surface area (Å²) in [4.78, 5) is -0.727. The Morgan fingerprint density at radius 3 is 2.20 bits per heavy atom. The number of sulfonamides is 1. The van der Waals surface area contributed by atoms with Crippen LogP contribution < -0.4 is 4.72 Å². The van der Waals surface area contributed by atoms with Crippen molar-refractivity contribution in [3.63, 3.8) is 0 Å². The fraction of sp³-hybridized carbons (Fsp3) is 0. The largest absolute Gasteiger partial charge is 0.278 e. The zero-order valence-corrected chi connectivity index (χ0v) is 12.1. The third-order valence-electron chi connectivity index (χ3n) is 2.36. The molecule has 0 atom stereocenters. The molecular weight excluding hydrogens is 359 g/mol. The summed E-state index contributed by atoms with van der Waals surface area (Å²) in [5, 5.41) is 0. The van der Waals surface area contributed by atoms with E-state index in [2.05, 4.69) is 15.9 Å². The van der Waals surface area contributed by atoms with Crippen molar-refractivity contribution in [3.05, 3.63) is 58.3 Å². The molecule has 8 heteroatoms. The number of anilines is 1. The van der Waals surface area contributed by atoms with Gasteiger partial charge in [0.05, 0.1) is 5.69 Å². The third kappa shape index (κ3) is 3.13. The zero-order chi connectivity index (χ0) is 14.9. The average molecular weight is 366 g/mol. The SMILES string of the molecule is O=S(=O)(Nc1cc(F)ccc1Br)c1ccc(F)cc1F. The molecule has 0 aliphatic carbocycles. The minimum Gasteiger partial charge on any atom is -0.278 e. The first-order valence-corrected chi connectivity index (χ1v) is 7.50. The van der Waals surface area contributed by atoms with Gasteiger partial charge >= 0.3 is 0 Å². The predicted octanol–water partition coefficient (Wildman–Crippen LogP) is 3.67. The van der Waals surface area contributed by atoms with Crippen LogP contribution in [0.2, 0.25) is 0 Å². The minimum absolute atomic E-state index is 0.0891. The second kappa shape index (κ2) is 5.45. The number of rotatable bonds is 3. The fourth-order valence-corrected chi connectivity index (χ4v) is 3.08. The monoisotopic (exact) mass is 365 g/mol. The van der Waals surface area contributed by atoms with Crippen molar-refractivity contribution in [1.82, 2.24) is 0 Å². The Hall–Kier alpha value is -1.54. The topological polar surface area (TPSA) is 46.2 Å². The summed E-state index contributed by atoms with van der Waals surface area (Å²) in [6.07, 6.45) is 0. The molecule has 0 saturated heterocycles. The lowest BCUT2D eigenvalue weighted by Crippen LogP contribution is -2.15. The maximum Gasteiger partial charge on any atom is 0.264 e. The highest BCUT2D eigenvalue weighted by Gasteiger charge is 2.20. The maximum atomic E-state index is 13.5. The van der Waals surface area contributed by atoms with Gasteiger partial charge in [0.2, 0.25) is 0 Å². The molecule has 0 unspecified atom stereocenters. The van der Waals surface area contributed by atoms with Gasteiger partial charge in [0, 0.05) is 10.5 Å². The van der Waals surface area contributed by atoms with E-state index in [4.69, 9.17) is 0 Å². The summed E-state index contributed by atoms with van der Waals surface area (Å²) in [6, 6.07) is 5.42. The highest BCUT2D eigenvalue weighted by Crippen LogP contribution is 2.26. The van der Waals surface area contributed by atoms with E-state index in [-0.39, 0.29) is 10.2 Å². The van der Waals surface area contributed by atoms with Crippen LogP contribution in [0.1, 0.15) is 0 Å². The first kappa shape index (κ1) is 14.9. The third-order valence-corrected chi connectivity index (χ3v) is 4.45. The molecule has 1 N–H and O–H groups in total. The lowest BCUT2D eigenvalue weighted by molar-refractivity contribution is 0.551. The minimum atomic E-state index is -4.29. The van der Waals surface area contributed by atoms with Crippen LogP contribution in [0.4, 0.5) is 18.9 Å². The van der Waals surface area contributed by atoms with Crippen molar-refractivity contribution in [2.75, 3.05) is 4.72 Å². The molecule has 0 amide bonds. The number of benzene rings is 2. The highest BCUT2D eigenvalue weighted by molar-refractivity contribution is 9.10. The predicted molar refractivity (Wildman–Crippen MR) is 71.3 cm³/mol. The Labute approximate surface area is 121 Å². The van der Waals surface area contributed by atoms with E-state index in [1.165, 1.54) is 6.07 Å². The van der Waals surface area contributed by atoms with Crippen molar-refractivity contribution in [2.45, 2.75) is 4.90 Å². The maximum absolute atomic E-state index is 13.5. The average Bonchev–Trinajstić information content (AvgIpc) is 2.33. The smallest absolute Gasteiger partial charge is 0.264 e. The summed E-state index contributed by atoms with van der Waals surface area (Å²) in [6.45, 7) is 0. The molecule has 3 nitrogen and oxygen atoms in total. The van der Waals surface area contributed by atoms with Crippen LogP contribution in [0, 0.1) is 17.5 Å². The first-order chi connectivity index (χ1) is 9.29. The van der Waals surface area contributed by atoms with Crippen LogP contribution >= 0.6 is 15.9 Å². The molecule has 0 saturated carbocycles. The quantitative estimate of drug-likeness (QED) is 0.901. The number of hydrogen-bond donors (Lipinski definition) is 1. The lowest BCUT2D eigenvalue weighted by atomic mass is 10.3. The van der Waals surface area contributed by atoms with Gasteiger partial charge in [0.15, 0.2) is 0 Å². The molecule has 0 fully saturated rings. The number of hydrogen-bond acceptors (Lipinski definition) is 2. The van der Waals surface area contributed by atoms with Crippen molar-refractivity contribution >= 4 is 31.6 Å². The van der Waals surface area contributed by atoms with Crippen molar-refractivity contribution in [3.8, 4) is 0 Å². The molecule has 0 spiro atoms. The Balaban J connectivity index is 2.43. The summed E-state index contributed by atoms with van der Waals surface area (Å²) < 4.78 is 65.6. The van der Waals surface area contributed by atoms with Gasteiger partial charge < -0.3 is 0 Å². The van der Waals surface area contributed by atoms with Crippen molar-refractivity contribution in [1.29, 1.82) is 0 Å². The Morgan fingerprint density at radius 2 is 1.55 bits per heavy atom. The van der Waals surface area contributed by atoms with E-state index in [0.29, 0.717) is 6.07 Å². The van der Waals surface area contributed by atoms with Gasteiger partial charge in [-0.25, -0.2) is 21.6 Å². The molecule has 2 aromatic carbocycles. The zero-order valence-electron chi connectivity index (χ0n) is 9.70. The van der Waals surface area contributed by atoms with Crippen LogP contribution in [-0.2, 0) is 10.0 Å². The molecular formula is C12H7BrF3NO2S. The van der Waals surface area contributed by atoms with Gasteiger partial charge in [0.1, 0.15) is 22.3 Å². The van der Waals surface area contributed by atoms with Gasteiger partial charge in [-0.15, -0.1) is 0 Å². The van der Waals surface area contributed by atoms with Crippen LogP contribution in [0.3, 0.4) is 0 Å². The van der Waals surface area contributed by atoms with Gasteiger partial charge in [-0.1, -0.05) is 0 Å². The molecule has 0 aromatic heterocycles.